The minimum Gasteiger partial charge on any atom is -0.494 e. The van der Waals surface area contributed by atoms with E-state index in [-0.39, 0.29) is 12.1 Å². The van der Waals surface area contributed by atoms with Gasteiger partial charge in [0.05, 0.1) is 6.61 Å². The van der Waals surface area contributed by atoms with Crippen molar-refractivity contribution in [3.05, 3.63) is 28.8 Å². The van der Waals surface area contributed by atoms with Gasteiger partial charge in [-0.05, 0) is 71.6 Å². The van der Waals surface area contributed by atoms with Gasteiger partial charge in [0.2, 0.25) is 0 Å². The van der Waals surface area contributed by atoms with E-state index in [1.165, 1.54) is 0 Å². The number of rotatable bonds is 6. The smallest absolute Gasteiger partial charge is 0.407 e. The lowest BCUT2D eigenvalue weighted by Gasteiger charge is -2.30. The van der Waals surface area contributed by atoms with Crippen LogP contribution in [0.15, 0.2) is 18.2 Å². The maximum absolute atomic E-state index is 11.9. The Morgan fingerprint density at radius 2 is 1.85 bits per heavy atom. The van der Waals surface area contributed by atoms with Gasteiger partial charge in [0.1, 0.15) is 11.4 Å². The third kappa shape index (κ3) is 7.04. The van der Waals surface area contributed by atoms with Crippen molar-refractivity contribution >= 4 is 17.7 Å². The predicted octanol–water partition coefficient (Wildman–Crippen LogP) is 4.66. The molecule has 146 valence electrons. The molecule has 1 aliphatic rings. The summed E-state index contributed by atoms with van der Waals surface area (Å²) in [6, 6.07) is 6.34. The van der Waals surface area contributed by atoms with E-state index in [1.54, 1.807) is 0 Å². The third-order valence-electron chi connectivity index (χ3n) is 4.35. The highest BCUT2D eigenvalue weighted by molar-refractivity contribution is 6.30. The van der Waals surface area contributed by atoms with E-state index in [1.807, 2.05) is 45.9 Å². The lowest BCUT2D eigenvalue weighted by Crippen LogP contribution is -2.43. The van der Waals surface area contributed by atoms with Gasteiger partial charge in [-0.1, -0.05) is 11.6 Å². The van der Waals surface area contributed by atoms with Crippen molar-refractivity contribution in [2.24, 2.45) is 0 Å². The van der Waals surface area contributed by atoms with Crippen molar-refractivity contribution in [1.82, 2.24) is 10.6 Å². The number of nitrogens with one attached hydrogen (secondary N) is 2. The summed E-state index contributed by atoms with van der Waals surface area (Å²) < 4.78 is 11.0. The number of ether oxygens (including phenoxy) is 2. The Morgan fingerprint density at radius 3 is 2.46 bits per heavy atom. The van der Waals surface area contributed by atoms with Crippen LogP contribution in [0.4, 0.5) is 4.79 Å². The molecule has 1 aromatic rings. The summed E-state index contributed by atoms with van der Waals surface area (Å²) >= 11 is 6.12. The molecule has 0 unspecified atom stereocenters. The van der Waals surface area contributed by atoms with Crippen LogP contribution in [0.25, 0.3) is 0 Å². The molecule has 2 rings (SSSR count). The van der Waals surface area contributed by atoms with E-state index in [4.69, 9.17) is 21.1 Å². The molecule has 0 aliphatic heterocycles. The zero-order valence-electron chi connectivity index (χ0n) is 16.2. The first-order valence-electron chi connectivity index (χ1n) is 9.41. The quantitative estimate of drug-likeness (QED) is 0.750. The molecule has 0 heterocycles. The Labute approximate surface area is 161 Å². The monoisotopic (exact) mass is 382 g/mol. The molecule has 0 bridgehead atoms. The van der Waals surface area contributed by atoms with E-state index >= 15 is 0 Å². The molecule has 0 spiro atoms. The molecule has 0 aromatic heterocycles. The second kappa shape index (κ2) is 9.47. The number of alkyl carbamates (subject to hydrolysis) is 1. The Balaban J connectivity index is 1.77. The lowest BCUT2D eigenvalue weighted by molar-refractivity contribution is 0.0489. The molecule has 1 saturated carbocycles. The number of benzene rings is 1. The van der Waals surface area contributed by atoms with E-state index in [0.717, 1.165) is 48.6 Å². The minimum atomic E-state index is -0.460. The largest absolute Gasteiger partial charge is 0.494 e. The average Bonchev–Trinajstić information content (AvgIpc) is 2.55. The van der Waals surface area contributed by atoms with Crippen molar-refractivity contribution < 1.29 is 14.3 Å². The second-order valence-corrected chi connectivity index (χ2v) is 8.20. The van der Waals surface area contributed by atoms with Crippen LogP contribution in [0.2, 0.25) is 5.02 Å². The van der Waals surface area contributed by atoms with Crippen LogP contribution in [-0.2, 0) is 11.3 Å². The Hall–Kier alpha value is -1.46. The minimum absolute atomic E-state index is 0.188. The second-order valence-electron chi connectivity index (χ2n) is 7.76. The molecule has 6 heteroatoms. The molecular weight excluding hydrogens is 352 g/mol. The highest BCUT2D eigenvalue weighted by atomic mass is 35.5. The van der Waals surface area contributed by atoms with Crippen LogP contribution in [0.5, 0.6) is 5.75 Å². The zero-order valence-corrected chi connectivity index (χ0v) is 17.0. The van der Waals surface area contributed by atoms with Gasteiger partial charge in [0.15, 0.2) is 0 Å². The SMILES string of the molecule is CCOc1ccc(Cl)cc1CNC1CCC(NC(=O)OC(C)(C)C)CC1. The molecule has 0 atom stereocenters. The lowest BCUT2D eigenvalue weighted by atomic mass is 9.91. The van der Waals surface area contributed by atoms with E-state index in [9.17, 15) is 4.79 Å². The molecule has 2 N–H and O–H groups in total. The summed E-state index contributed by atoms with van der Waals surface area (Å²) in [4.78, 5) is 11.9. The predicted molar refractivity (Wildman–Crippen MR) is 105 cm³/mol. The fourth-order valence-corrected chi connectivity index (χ4v) is 3.35. The maximum atomic E-state index is 11.9. The number of hydrogen-bond donors (Lipinski definition) is 2. The van der Waals surface area contributed by atoms with Crippen molar-refractivity contribution in [3.63, 3.8) is 0 Å². The van der Waals surface area contributed by atoms with Gasteiger partial charge >= 0.3 is 6.09 Å². The topological polar surface area (TPSA) is 59.6 Å². The molecule has 0 radical (unpaired) electrons. The van der Waals surface area contributed by atoms with Crippen molar-refractivity contribution in [2.45, 2.75) is 77.6 Å². The average molecular weight is 383 g/mol. The summed E-state index contributed by atoms with van der Waals surface area (Å²) in [5, 5.41) is 7.29. The summed E-state index contributed by atoms with van der Waals surface area (Å²) in [5.74, 6) is 0.879. The molecule has 1 amide bonds. The van der Waals surface area contributed by atoms with Gasteiger partial charge < -0.3 is 20.1 Å². The summed E-state index contributed by atoms with van der Waals surface area (Å²) in [7, 11) is 0. The van der Waals surface area contributed by atoms with Crippen molar-refractivity contribution in [2.75, 3.05) is 6.61 Å². The molecule has 1 aliphatic carbocycles. The van der Waals surface area contributed by atoms with E-state index < -0.39 is 5.60 Å². The van der Waals surface area contributed by atoms with E-state index in [2.05, 4.69) is 10.6 Å². The molecule has 1 aromatic carbocycles. The van der Waals surface area contributed by atoms with Crippen LogP contribution in [0.1, 0.15) is 58.9 Å². The number of hydrogen-bond acceptors (Lipinski definition) is 4. The number of carbonyl (C=O) groups excluding carboxylic acids is 1. The summed E-state index contributed by atoms with van der Waals surface area (Å²) in [6.45, 7) is 8.96. The van der Waals surface area contributed by atoms with Gasteiger partial charge in [-0.25, -0.2) is 4.79 Å². The van der Waals surface area contributed by atoms with Gasteiger partial charge in [0.25, 0.3) is 0 Å². The molecule has 0 saturated heterocycles. The third-order valence-corrected chi connectivity index (χ3v) is 4.59. The molecular formula is C20H31ClN2O3. The first-order valence-corrected chi connectivity index (χ1v) is 9.78. The number of carbonyl (C=O) groups is 1. The van der Waals surface area contributed by atoms with Gasteiger partial charge in [-0.3, -0.25) is 0 Å². The first-order chi connectivity index (χ1) is 12.3. The summed E-state index contributed by atoms with van der Waals surface area (Å²) in [5.41, 5.74) is 0.617. The van der Waals surface area contributed by atoms with Gasteiger partial charge in [0, 0.05) is 29.2 Å². The molecule has 5 nitrogen and oxygen atoms in total. The number of amides is 1. The summed E-state index contributed by atoms with van der Waals surface area (Å²) in [6.07, 6.45) is 3.61. The highest BCUT2D eigenvalue weighted by Crippen LogP contribution is 2.24. The van der Waals surface area contributed by atoms with Crippen molar-refractivity contribution in [3.8, 4) is 5.75 Å². The van der Waals surface area contributed by atoms with Crippen LogP contribution in [0, 0.1) is 0 Å². The van der Waals surface area contributed by atoms with Gasteiger partial charge in [-0.2, -0.15) is 0 Å². The van der Waals surface area contributed by atoms with Crippen LogP contribution >= 0.6 is 11.6 Å². The van der Waals surface area contributed by atoms with Crippen LogP contribution in [-0.4, -0.2) is 30.4 Å². The van der Waals surface area contributed by atoms with Gasteiger partial charge in [-0.15, -0.1) is 0 Å². The standard InChI is InChI=1S/C20H31ClN2O3/c1-5-25-18-11-6-15(21)12-14(18)13-22-16-7-9-17(10-8-16)23-19(24)26-20(2,3)4/h6,11-12,16-17,22H,5,7-10,13H2,1-4H3,(H,23,24). The Bertz CT molecular complexity index is 593. The maximum Gasteiger partial charge on any atom is 0.407 e. The molecule has 1 fully saturated rings. The van der Waals surface area contributed by atoms with Crippen molar-refractivity contribution in [1.29, 1.82) is 0 Å². The fourth-order valence-electron chi connectivity index (χ4n) is 3.15. The zero-order chi connectivity index (χ0) is 19.2. The van der Waals surface area contributed by atoms with Crippen LogP contribution < -0.4 is 15.4 Å². The molecule has 26 heavy (non-hydrogen) atoms. The Morgan fingerprint density at radius 1 is 1.19 bits per heavy atom. The highest BCUT2D eigenvalue weighted by Gasteiger charge is 2.24. The fraction of sp³-hybridized carbons (Fsp3) is 0.650. The van der Waals surface area contributed by atoms with E-state index in [0.29, 0.717) is 12.6 Å². The number of halogens is 1. The Kier molecular flexibility index (Phi) is 7.59. The first kappa shape index (κ1) is 20.8. The normalized spacial score (nSPS) is 20.5. The van der Waals surface area contributed by atoms with Crippen LogP contribution in [0.3, 0.4) is 0 Å².